The number of aryl methyl sites for hydroxylation is 1. The zero-order valence-electron chi connectivity index (χ0n) is 14.2. The van der Waals surface area contributed by atoms with Gasteiger partial charge in [-0.25, -0.2) is 10.2 Å². The lowest BCUT2D eigenvalue weighted by Gasteiger charge is -2.05. The minimum atomic E-state index is -0.410. The summed E-state index contributed by atoms with van der Waals surface area (Å²) in [7, 11) is 0. The second kappa shape index (κ2) is 9.22. The van der Waals surface area contributed by atoms with E-state index in [-0.39, 0.29) is 12.5 Å². The SMILES string of the molecule is CCOC(=O)COc1ccc(/C=N/NC(=O)c2ccccc2C)cc1. The van der Waals surface area contributed by atoms with Gasteiger partial charge in [-0.3, -0.25) is 4.79 Å². The molecule has 0 heterocycles. The molecular formula is C19H20N2O4. The Morgan fingerprint density at radius 2 is 1.84 bits per heavy atom. The van der Waals surface area contributed by atoms with E-state index in [2.05, 4.69) is 10.5 Å². The van der Waals surface area contributed by atoms with E-state index in [1.807, 2.05) is 19.1 Å². The summed E-state index contributed by atoms with van der Waals surface area (Å²) >= 11 is 0. The number of benzene rings is 2. The molecule has 0 spiro atoms. The lowest BCUT2D eigenvalue weighted by Crippen LogP contribution is -2.18. The van der Waals surface area contributed by atoms with Crippen molar-refractivity contribution in [3.63, 3.8) is 0 Å². The summed E-state index contributed by atoms with van der Waals surface area (Å²) < 4.78 is 10.1. The molecule has 2 aromatic rings. The van der Waals surface area contributed by atoms with Crippen molar-refractivity contribution in [3.8, 4) is 5.75 Å². The molecule has 6 heteroatoms. The van der Waals surface area contributed by atoms with Gasteiger partial charge in [-0.15, -0.1) is 0 Å². The predicted molar refractivity (Wildman–Crippen MR) is 94.8 cm³/mol. The highest BCUT2D eigenvalue weighted by Crippen LogP contribution is 2.11. The minimum Gasteiger partial charge on any atom is -0.482 e. The monoisotopic (exact) mass is 340 g/mol. The Balaban J connectivity index is 1.86. The van der Waals surface area contributed by atoms with Crippen molar-refractivity contribution in [3.05, 3.63) is 65.2 Å². The van der Waals surface area contributed by atoms with Gasteiger partial charge >= 0.3 is 5.97 Å². The van der Waals surface area contributed by atoms with Crippen LogP contribution in [0, 0.1) is 6.92 Å². The van der Waals surface area contributed by atoms with Gasteiger partial charge in [-0.1, -0.05) is 18.2 Å². The molecule has 130 valence electrons. The quantitative estimate of drug-likeness (QED) is 0.478. The summed E-state index contributed by atoms with van der Waals surface area (Å²) in [6.07, 6.45) is 1.53. The minimum absolute atomic E-state index is 0.131. The van der Waals surface area contributed by atoms with Crippen LogP contribution in [-0.4, -0.2) is 31.3 Å². The zero-order valence-corrected chi connectivity index (χ0v) is 14.2. The molecule has 1 N–H and O–H groups in total. The molecule has 0 unspecified atom stereocenters. The molecule has 0 fully saturated rings. The smallest absolute Gasteiger partial charge is 0.344 e. The Morgan fingerprint density at radius 3 is 2.52 bits per heavy atom. The van der Waals surface area contributed by atoms with Crippen LogP contribution in [0.15, 0.2) is 53.6 Å². The number of nitrogens with zero attached hydrogens (tertiary/aromatic N) is 1. The van der Waals surface area contributed by atoms with Crippen LogP contribution in [0.1, 0.15) is 28.4 Å². The van der Waals surface area contributed by atoms with E-state index in [0.29, 0.717) is 17.9 Å². The van der Waals surface area contributed by atoms with Crippen molar-refractivity contribution >= 4 is 18.1 Å². The van der Waals surface area contributed by atoms with Gasteiger partial charge in [0.2, 0.25) is 0 Å². The molecule has 25 heavy (non-hydrogen) atoms. The van der Waals surface area contributed by atoms with Gasteiger partial charge in [-0.05, 0) is 55.3 Å². The molecule has 0 aliphatic heterocycles. The van der Waals surface area contributed by atoms with Crippen molar-refractivity contribution in [2.45, 2.75) is 13.8 Å². The summed E-state index contributed by atoms with van der Waals surface area (Å²) in [5.41, 5.74) is 4.75. The van der Waals surface area contributed by atoms with Crippen molar-refractivity contribution in [1.29, 1.82) is 0 Å². The average molecular weight is 340 g/mol. The Bertz CT molecular complexity index is 754. The van der Waals surface area contributed by atoms with E-state index in [0.717, 1.165) is 11.1 Å². The first-order valence-corrected chi connectivity index (χ1v) is 7.87. The van der Waals surface area contributed by atoms with Crippen LogP contribution < -0.4 is 10.2 Å². The van der Waals surface area contributed by atoms with Crippen LogP contribution in [0.3, 0.4) is 0 Å². The number of hydrogen-bond donors (Lipinski definition) is 1. The molecule has 0 bridgehead atoms. The molecule has 0 saturated carbocycles. The maximum absolute atomic E-state index is 12.0. The molecule has 2 rings (SSSR count). The average Bonchev–Trinajstić information content (AvgIpc) is 2.61. The van der Waals surface area contributed by atoms with Crippen LogP contribution in [0.2, 0.25) is 0 Å². The highest BCUT2D eigenvalue weighted by Gasteiger charge is 2.06. The second-order valence-electron chi connectivity index (χ2n) is 5.18. The summed E-state index contributed by atoms with van der Waals surface area (Å²) in [5.74, 6) is -0.120. The summed E-state index contributed by atoms with van der Waals surface area (Å²) in [6, 6.07) is 14.3. The van der Waals surface area contributed by atoms with Gasteiger partial charge in [0.15, 0.2) is 6.61 Å². The Labute approximate surface area is 146 Å². The fourth-order valence-corrected chi connectivity index (χ4v) is 2.05. The van der Waals surface area contributed by atoms with Crippen LogP contribution in [-0.2, 0) is 9.53 Å². The molecule has 0 aliphatic carbocycles. The second-order valence-corrected chi connectivity index (χ2v) is 5.18. The number of hydrazone groups is 1. The number of hydrogen-bond acceptors (Lipinski definition) is 5. The number of rotatable bonds is 7. The van der Waals surface area contributed by atoms with Crippen LogP contribution >= 0.6 is 0 Å². The topological polar surface area (TPSA) is 77.0 Å². The third-order valence-corrected chi connectivity index (χ3v) is 3.31. The zero-order chi connectivity index (χ0) is 18.1. The Kier molecular flexibility index (Phi) is 6.71. The summed E-state index contributed by atoms with van der Waals surface area (Å²) in [5, 5.41) is 3.95. The molecule has 2 aromatic carbocycles. The highest BCUT2D eigenvalue weighted by atomic mass is 16.6. The maximum atomic E-state index is 12.0. The number of amides is 1. The van der Waals surface area contributed by atoms with Crippen LogP contribution in [0.4, 0.5) is 0 Å². The lowest BCUT2D eigenvalue weighted by atomic mass is 10.1. The first kappa shape index (κ1) is 18.2. The fourth-order valence-electron chi connectivity index (χ4n) is 2.05. The number of carbonyl (C=O) groups is 2. The molecule has 0 atom stereocenters. The van der Waals surface area contributed by atoms with E-state index in [9.17, 15) is 9.59 Å². The van der Waals surface area contributed by atoms with Crippen molar-refractivity contribution in [2.24, 2.45) is 5.10 Å². The van der Waals surface area contributed by atoms with E-state index >= 15 is 0 Å². The summed E-state index contributed by atoms with van der Waals surface area (Å²) in [4.78, 5) is 23.2. The maximum Gasteiger partial charge on any atom is 0.344 e. The van der Waals surface area contributed by atoms with Gasteiger partial charge in [0.25, 0.3) is 5.91 Å². The highest BCUT2D eigenvalue weighted by molar-refractivity contribution is 5.96. The van der Waals surface area contributed by atoms with Crippen LogP contribution in [0.5, 0.6) is 5.75 Å². The van der Waals surface area contributed by atoms with E-state index in [4.69, 9.17) is 9.47 Å². The van der Waals surface area contributed by atoms with E-state index in [1.54, 1.807) is 43.3 Å². The fraction of sp³-hybridized carbons (Fsp3) is 0.211. The van der Waals surface area contributed by atoms with E-state index in [1.165, 1.54) is 6.21 Å². The van der Waals surface area contributed by atoms with Crippen molar-refractivity contribution in [1.82, 2.24) is 5.43 Å². The van der Waals surface area contributed by atoms with Gasteiger partial charge in [0, 0.05) is 5.56 Å². The van der Waals surface area contributed by atoms with Crippen molar-refractivity contribution < 1.29 is 19.1 Å². The Hall–Kier alpha value is -3.15. The van der Waals surface area contributed by atoms with Crippen molar-refractivity contribution in [2.75, 3.05) is 13.2 Å². The summed E-state index contributed by atoms with van der Waals surface area (Å²) in [6.45, 7) is 3.80. The molecular weight excluding hydrogens is 320 g/mol. The van der Waals surface area contributed by atoms with Crippen LogP contribution in [0.25, 0.3) is 0 Å². The standard InChI is InChI=1S/C19H20N2O4/c1-3-24-18(22)13-25-16-10-8-15(9-11-16)12-20-21-19(23)17-7-5-4-6-14(17)2/h4-12H,3,13H2,1-2H3,(H,21,23)/b20-12+. The van der Waals surface area contributed by atoms with Gasteiger partial charge in [0.05, 0.1) is 12.8 Å². The molecule has 0 radical (unpaired) electrons. The first-order valence-electron chi connectivity index (χ1n) is 7.87. The number of esters is 1. The lowest BCUT2D eigenvalue weighted by molar-refractivity contribution is -0.145. The van der Waals surface area contributed by atoms with Gasteiger partial charge < -0.3 is 9.47 Å². The molecule has 6 nitrogen and oxygen atoms in total. The first-order chi connectivity index (χ1) is 12.1. The van der Waals surface area contributed by atoms with E-state index < -0.39 is 5.97 Å². The third-order valence-electron chi connectivity index (χ3n) is 3.31. The largest absolute Gasteiger partial charge is 0.482 e. The number of nitrogens with one attached hydrogen (secondary N) is 1. The molecule has 0 aliphatic rings. The molecule has 0 aromatic heterocycles. The number of ether oxygens (including phenoxy) is 2. The third kappa shape index (κ3) is 5.76. The normalized spacial score (nSPS) is 10.5. The molecule has 1 amide bonds. The Morgan fingerprint density at radius 1 is 1.12 bits per heavy atom. The van der Waals surface area contributed by atoms with Gasteiger partial charge in [0.1, 0.15) is 5.75 Å². The molecule has 0 saturated heterocycles. The van der Waals surface area contributed by atoms with Gasteiger partial charge in [-0.2, -0.15) is 5.10 Å². The predicted octanol–water partition coefficient (Wildman–Crippen LogP) is 2.70. The number of carbonyl (C=O) groups excluding carboxylic acids is 2.